The van der Waals surface area contributed by atoms with Gasteiger partial charge in [-0.25, -0.2) is 4.99 Å². The number of aliphatic imine (C=N–C) groups is 1. The molecule has 2 aromatic heterocycles. The Morgan fingerprint density at radius 1 is 1.28 bits per heavy atom. The van der Waals surface area contributed by atoms with E-state index in [0.29, 0.717) is 25.6 Å². The molecule has 0 fully saturated rings. The van der Waals surface area contributed by atoms with Gasteiger partial charge >= 0.3 is 0 Å². The van der Waals surface area contributed by atoms with Crippen molar-refractivity contribution in [2.45, 2.75) is 19.4 Å². The maximum atomic E-state index is 11.8. The van der Waals surface area contributed by atoms with E-state index in [0.717, 1.165) is 4.88 Å². The molecule has 136 valence electrons. The van der Waals surface area contributed by atoms with Gasteiger partial charge in [0.2, 0.25) is 0 Å². The lowest BCUT2D eigenvalue weighted by Gasteiger charge is -2.20. The predicted octanol–water partition coefficient (Wildman–Crippen LogP) is 1.53. The minimum absolute atomic E-state index is 0.238. The fourth-order valence-electron chi connectivity index (χ4n) is 2.09. The monoisotopic (exact) mass is 364 g/mol. The summed E-state index contributed by atoms with van der Waals surface area (Å²) in [6.45, 7) is 5.57. The molecule has 0 radical (unpaired) electrons. The summed E-state index contributed by atoms with van der Waals surface area (Å²) in [5.74, 6) is 0.619. The second kappa shape index (κ2) is 9.24. The number of hydrogen-bond acceptors (Lipinski definition) is 5. The van der Waals surface area contributed by atoms with Crippen molar-refractivity contribution in [2.75, 3.05) is 26.2 Å². The van der Waals surface area contributed by atoms with Crippen LogP contribution in [-0.2, 0) is 5.60 Å². The second-order valence-electron chi connectivity index (χ2n) is 5.61. The topological polar surface area (TPSA) is 98.9 Å². The zero-order chi connectivity index (χ0) is 18.1. The van der Waals surface area contributed by atoms with E-state index in [4.69, 9.17) is 4.42 Å². The van der Waals surface area contributed by atoms with Crippen molar-refractivity contribution in [1.29, 1.82) is 0 Å². The Morgan fingerprint density at radius 3 is 2.72 bits per heavy atom. The van der Waals surface area contributed by atoms with Gasteiger partial charge in [-0.3, -0.25) is 4.79 Å². The summed E-state index contributed by atoms with van der Waals surface area (Å²) < 4.78 is 5.03. The van der Waals surface area contributed by atoms with Crippen LogP contribution < -0.4 is 16.0 Å². The van der Waals surface area contributed by atoms with Crippen LogP contribution in [0.25, 0.3) is 0 Å². The maximum absolute atomic E-state index is 11.8. The van der Waals surface area contributed by atoms with Gasteiger partial charge in [0.1, 0.15) is 5.60 Å². The third kappa shape index (κ3) is 5.91. The number of guanidine groups is 1. The lowest BCUT2D eigenvalue weighted by molar-refractivity contribution is 0.0711. The molecule has 2 aromatic rings. The van der Waals surface area contributed by atoms with Crippen LogP contribution in [0, 0.1) is 0 Å². The number of amides is 1. The summed E-state index contributed by atoms with van der Waals surface area (Å²) in [5, 5.41) is 21.4. The van der Waals surface area contributed by atoms with Crippen LogP contribution in [0.2, 0.25) is 0 Å². The average Bonchev–Trinajstić information content (AvgIpc) is 3.29. The number of furan rings is 1. The van der Waals surface area contributed by atoms with Crippen molar-refractivity contribution in [2.24, 2.45) is 4.99 Å². The summed E-state index contributed by atoms with van der Waals surface area (Å²) in [4.78, 5) is 17.1. The van der Waals surface area contributed by atoms with Gasteiger partial charge < -0.3 is 25.5 Å². The lowest BCUT2D eigenvalue weighted by atomic mass is 10.1. The Hall–Kier alpha value is -2.32. The van der Waals surface area contributed by atoms with E-state index < -0.39 is 5.60 Å². The van der Waals surface area contributed by atoms with Crippen LogP contribution in [0.3, 0.4) is 0 Å². The number of thiophene rings is 1. The van der Waals surface area contributed by atoms with Crippen LogP contribution in [0.4, 0.5) is 0 Å². The molecule has 0 spiro atoms. The highest BCUT2D eigenvalue weighted by atomic mass is 32.1. The van der Waals surface area contributed by atoms with Crippen molar-refractivity contribution < 1.29 is 14.3 Å². The minimum atomic E-state index is -1.01. The van der Waals surface area contributed by atoms with Crippen LogP contribution in [0.15, 0.2) is 45.3 Å². The highest BCUT2D eigenvalue weighted by molar-refractivity contribution is 7.10. The molecule has 1 unspecified atom stereocenters. The molecular weight excluding hydrogens is 340 g/mol. The van der Waals surface area contributed by atoms with Crippen LogP contribution in [-0.4, -0.2) is 43.2 Å². The van der Waals surface area contributed by atoms with Crippen molar-refractivity contribution >= 4 is 23.2 Å². The first-order valence-corrected chi connectivity index (χ1v) is 9.01. The Labute approximate surface area is 151 Å². The third-order valence-electron chi connectivity index (χ3n) is 3.39. The zero-order valence-corrected chi connectivity index (χ0v) is 15.2. The molecule has 0 aromatic carbocycles. The Kier molecular flexibility index (Phi) is 7.03. The van der Waals surface area contributed by atoms with E-state index in [-0.39, 0.29) is 18.2 Å². The average molecular weight is 364 g/mol. The van der Waals surface area contributed by atoms with Gasteiger partial charge in [0.25, 0.3) is 5.91 Å². The van der Waals surface area contributed by atoms with Crippen LogP contribution in [0.5, 0.6) is 0 Å². The first-order chi connectivity index (χ1) is 12.0. The molecule has 1 atom stereocenters. The Balaban J connectivity index is 1.80. The van der Waals surface area contributed by atoms with Crippen molar-refractivity contribution in [3.63, 3.8) is 0 Å². The maximum Gasteiger partial charge on any atom is 0.287 e. The number of hydrogen-bond donors (Lipinski definition) is 4. The van der Waals surface area contributed by atoms with E-state index in [9.17, 15) is 9.90 Å². The Bertz CT molecular complexity index is 666. The third-order valence-corrected chi connectivity index (χ3v) is 4.51. The molecule has 2 heterocycles. The first-order valence-electron chi connectivity index (χ1n) is 8.13. The lowest BCUT2D eigenvalue weighted by Crippen LogP contribution is -2.42. The predicted molar refractivity (Wildman–Crippen MR) is 98.9 cm³/mol. The first kappa shape index (κ1) is 19.0. The molecule has 0 aliphatic heterocycles. The van der Waals surface area contributed by atoms with Gasteiger partial charge in [0.15, 0.2) is 11.7 Å². The fourth-order valence-corrected chi connectivity index (χ4v) is 2.87. The van der Waals surface area contributed by atoms with E-state index >= 15 is 0 Å². The molecule has 0 saturated carbocycles. The van der Waals surface area contributed by atoms with E-state index in [1.807, 2.05) is 24.4 Å². The Morgan fingerprint density at radius 2 is 2.08 bits per heavy atom. The zero-order valence-electron chi connectivity index (χ0n) is 14.4. The molecule has 1 amide bonds. The molecule has 4 N–H and O–H groups in total. The van der Waals surface area contributed by atoms with Crippen molar-refractivity contribution in [3.05, 3.63) is 46.5 Å². The normalized spacial score (nSPS) is 14.0. The van der Waals surface area contributed by atoms with E-state index in [1.54, 1.807) is 19.1 Å². The smallest absolute Gasteiger partial charge is 0.287 e. The molecule has 0 saturated heterocycles. The summed E-state index contributed by atoms with van der Waals surface area (Å²) >= 11 is 1.50. The van der Waals surface area contributed by atoms with Gasteiger partial charge in [-0.05, 0) is 37.4 Å². The number of nitrogens with one attached hydrogen (secondary N) is 3. The molecular formula is C17H24N4O3S. The van der Waals surface area contributed by atoms with Gasteiger partial charge in [0.05, 0.1) is 12.8 Å². The van der Waals surface area contributed by atoms with Gasteiger partial charge in [0, 0.05) is 24.5 Å². The molecule has 7 nitrogen and oxygen atoms in total. The van der Waals surface area contributed by atoms with E-state index in [2.05, 4.69) is 20.9 Å². The van der Waals surface area contributed by atoms with Crippen molar-refractivity contribution in [3.8, 4) is 0 Å². The number of carbonyl (C=O) groups is 1. The molecule has 8 heteroatoms. The molecule has 0 bridgehead atoms. The molecule has 25 heavy (non-hydrogen) atoms. The highest BCUT2D eigenvalue weighted by Crippen LogP contribution is 2.25. The fraction of sp³-hybridized carbons (Fsp3) is 0.412. The van der Waals surface area contributed by atoms with Crippen LogP contribution >= 0.6 is 11.3 Å². The summed E-state index contributed by atoms with van der Waals surface area (Å²) in [6.07, 6.45) is 1.46. The molecule has 0 aliphatic rings. The highest BCUT2D eigenvalue weighted by Gasteiger charge is 2.23. The number of aliphatic hydroxyl groups is 1. The summed E-state index contributed by atoms with van der Waals surface area (Å²) in [6, 6.07) is 7.08. The van der Waals surface area contributed by atoms with Gasteiger partial charge in [-0.15, -0.1) is 11.3 Å². The molecule has 0 aliphatic carbocycles. The summed E-state index contributed by atoms with van der Waals surface area (Å²) in [7, 11) is 0. The van der Waals surface area contributed by atoms with Gasteiger partial charge in [-0.2, -0.15) is 0 Å². The van der Waals surface area contributed by atoms with Crippen LogP contribution in [0.1, 0.15) is 29.3 Å². The van der Waals surface area contributed by atoms with Crippen molar-refractivity contribution in [1.82, 2.24) is 16.0 Å². The number of carbonyl (C=O) groups excluding carboxylic acids is 1. The van der Waals surface area contributed by atoms with Gasteiger partial charge in [-0.1, -0.05) is 6.07 Å². The SMILES string of the molecule is CCNC(=NCC(C)(O)c1cccs1)NCCNC(=O)c1ccco1. The van der Waals surface area contributed by atoms with E-state index in [1.165, 1.54) is 17.6 Å². The summed E-state index contributed by atoms with van der Waals surface area (Å²) in [5.41, 5.74) is -1.01. The second-order valence-corrected chi connectivity index (χ2v) is 6.55. The largest absolute Gasteiger partial charge is 0.459 e. The minimum Gasteiger partial charge on any atom is -0.459 e. The number of nitrogens with zero attached hydrogens (tertiary/aromatic N) is 1. The standard InChI is InChI=1S/C17H24N4O3S/c1-3-18-16(21-12-17(2,23)14-7-5-11-25-14)20-9-8-19-15(22)13-6-4-10-24-13/h4-7,10-11,23H,3,8-9,12H2,1-2H3,(H,19,22)(H2,18,20,21). The molecule has 2 rings (SSSR count). The number of rotatable bonds is 8. The quantitative estimate of drug-likeness (QED) is 0.323.